The van der Waals surface area contributed by atoms with Gasteiger partial charge in [-0.25, -0.2) is 4.39 Å². The van der Waals surface area contributed by atoms with E-state index >= 15 is 0 Å². The molecule has 2 aromatic carbocycles. The standard InChI is InChI=1S/C25H26FN3O2/c1-15-22(25(31)28-18-7-4-6-17(26)14-18)23(16-10-12-19(13-11-16)29(2)3)24-20(27-15)8-5-9-21(24)30/h4,6-7,10-14,23,27H,5,8-9H2,1-3H3,(H,28,31)/t23-/m0/s1. The molecule has 0 aromatic heterocycles. The van der Waals surface area contributed by atoms with E-state index in [1.165, 1.54) is 12.1 Å². The van der Waals surface area contributed by atoms with Crippen LogP contribution in [0.15, 0.2) is 71.1 Å². The van der Waals surface area contributed by atoms with Crippen LogP contribution < -0.4 is 15.5 Å². The van der Waals surface area contributed by atoms with Gasteiger partial charge in [0.25, 0.3) is 5.91 Å². The largest absolute Gasteiger partial charge is 0.378 e. The molecule has 0 unspecified atom stereocenters. The van der Waals surface area contributed by atoms with E-state index in [1.54, 1.807) is 12.1 Å². The van der Waals surface area contributed by atoms with Crippen LogP contribution in [0.3, 0.4) is 0 Å². The number of hydrogen-bond acceptors (Lipinski definition) is 4. The lowest BCUT2D eigenvalue weighted by molar-refractivity contribution is -0.116. The smallest absolute Gasteiger partial charge is 0.254 e. The lowest BCUT2D eigenvalue weighted by Crippen LogP contribution is -2.35. The molecule has 1 amide bonds. The number of ketones is 1. The molecule has 0 saturated carbocycles. The van der Waals surface area contributed by atoms with Gasteiger partial charge < -0.3 is 15.5 Å². The van der Waals surface area contributed by atoms with Crippen molar-refractivity contribution in [3.05, 3.63) is 82.5 Å². The Bertz CT molecular complexity index is 1100. The normalized spacial score (nSPS) is 18.5. The second-order valence-corrected chi connectivity index (χ2v) is 8.22. The van der Waals surface area contributed by atoms with E-state index in [0.29, 0.717) is 29.0 Å². The summed E-state index contributed by atoms with van der Waals surface area (Å²) in [5.74, 6) is -1.16. The zero-order chi connectivity index (χ0) is 22.1. The van der Waals surface area contributed by atoms with Crippen molar-refractivity contribution in [2.45, 2.75) is 32.1 Å². The van der Waals surface area contributed by atoms with E-state index in [-0.39, 0.29) is 11.7 Å². The van der Waals surface area contributed by atoms with Crippen molar-refractivity contribution in [2.75, 3.05) is 24.3 Å². The Kier molecular flexibility index (Phi) is 5.63. The quantitative estimate of drug-likeness (QED) is 0.766. The predicted octanol–water partition coefficient (Wildman–Crippen LogP) is 4.50. The topological polar surface area (TPSA) is 61.4 Å². The molecule has 2 aliphatic rings. The molecular formula is C25H26FN3O2. The predicted molar refractivity (Wildman–Crippen MR) is 120 cm³/mol. The van der Waals surface area contributed by atoms with E-state index in [9.17, 15) is 14.0 Å². The number of anilines is 2. The Hall–Kier alpha value is -3.41. The van der Waals surface area contributed by atoms with Crippen molar-refractivity contribution in [1.82, 2.24) is 5.32 Å². The number of Topliss-reactive ketones (excluding diaryl/α,β-unsaturated/α-hetero) is 1. The molecule has 31 heavy (non-hydrogen) atoms. The molecule has 4 rings (SSSR count). The Morgan fingerprint density at radius 2 is 1.87 bits per heavy atom. The highest BCUT2D eigenvalue weighted by Crippen LogP contribution is 2.42. The molecule has 0 spiro atoms. The Labute approximate surface area is 181 Å². The lowest BCUT2D eigenvalue weighted by atomic mass is 9.75. The minimum Gasteiger partial charge on any atom is -0.378 e. The third-order valence-electron chi connectivity index (χ3n) is 5.85. The molecule has 0 fully saturated rings. The van der Waals surface area contributed by atoms with E-state index < -0.39 is 11.7 Å². The van der Waals surface area contributed by atoms with Crippen LogP contribution in [0.5, 0.6) is 0 Å². The van der Waals surface area contributed by atoms with Gasteiger partial charge in [-0.1, -0.05) is 18.2 Å². The van der Waals surface area contributed by atoms with Crippen LogP contribution in [0.25, 0.3) is 0 Å². The monoisotopic (exact) mass is 419 g/mol. The summed E-state index contributed by atoms with van der Waals surface area (Å²) in [6, 6.07) is 13.7. The third-order valence-corrected chi connectivity index (χ3v) is 5.85. The average Bonchev–Trinajstić information content (AvgIpc) is 2.73. The van der Waals surface area contributed by atoms with Crippen LogP contribution in [-0.4, -0.2) is 25.8 Å². The zero-order valence-electron chi connectivity index (χ0n) is 18.0. The highest BCUT2D eigenvalue weighted by atomic mass is 19.1. The van der Waals surface area contributed by atoms with E-state index in [1.807, 2.05) is 50.2 Å². The fourth-order valence-corrected chi connectivity index (χ4v) is 4.35. The van der Waals surface area contributed by atoms with Crippen LogP contribution in [0.2, 0.25) is 0 Å². The van der Waals surface area contributed by atoms with Gasteiger partial charge in [0.2, 0.25) is 0 Å². The Balaban J connectivity index is 1.77. The van der Waals surface area contributed by atoms with Gasteiger partial charge in [-0.05, 0) is 55.7 Å². The summed E-state index contributed by atoms with van der Waals surface area (Å²) in [7, 11) is 3.93. The Morgan fingerprint density at radius 3 is 2.55 bits per heavy atom. The summed E-state index contributed by atoms with van der Waals surface area (Å²) in [5, 5.41) is 6.11. The molecule has 2 N–H and O–H groups in total. The number of hydrogen-bond donors (Lipinski definition) is 2. The summed E-state index contributed by atoms with van der Waals surface area (Å²) < 4.78 is 13.6. The van der Waals surface area contributed by atoms with Crippen molar-refractivity contribution in [2.24, 2.45) is 0 Å². The zero-order valence-corrected chi connectivity index (χ0v) is 18.0. The van der Waals surface area contributed by atoms with Crippen molar-refractivity contribution in [3.8, 4) is 0 Å². The van der Waals surface area contributed by atoms with Crippen LogP contribution in [0.4, 0.5) is 15.8 Å². The minimum absolute atomic E-state index is 0.0685. The van der Waals surface area contributed by atoms with Crippen molar-refractivity contribution >= 4 is 23.1 Å². The summed E-state index contributed by atoms with van der Waals surface area (Å²) >= 11 is 0. The van der Waals surface area contributed by atoms with Crippen molar-refractivity contribution in [3.63, 3.8) is 0 Å². The first kappa shape index (κ1) is 20.8. The number of dihydropyridines is 1. The van der Waals surface area contributed by atoms with Gasteiger partial charge in [-0.15, -0.1) is 0 Å². The van der Waals surface area contributed by atoms with Crippen molar-refractivity contribution < 1.29 is 14.0 Å². The molecule has 6 heteroatoms. The fourth-order valence-electron chi connectivity index (χ4n) is 4.35. The number of allylic oxidation sites excluding steroid dienone is 3. The highest BCUT2D eigenvalue weighted by Gasteiger charge is 2.38. The number of amides is 1. The number of benzene rings is 2. The molecule has 1 atom stereocenters. The maximum Gasteiger partial charge on any atom is 0.254 e. The number of nitrogens with one attached hydrogen (secondary N) is 2. The van der Waals surface area contributed by atoms with Crippen LogP contribution in [0, 0.1) is 5.82 Å². The fraction of sp³-hybridized carbons (Fsp3) is 0.280. The summed E-state index contributed by atoms with van der Waals surface area (Å²) in [5.41, 5.74) is 5.06. The van der Waals surface area contributed by atoms with Crippen molar-refractivity contribution in [1.29, 1.82) is 0 Å². The maximum atomic E-state index is 13.6. The van der Waals surface area contributed by atoms with Crippen LogP contribution >= 0.6 is 0 Å². The molecular weight excluding hydrogens is 393 g/mol. The van der Waals surface area contributed by atoms with E-state index in [4.69, 9.17) is 0 Å². The van der Waals surface area contributed by atoms with Gasteiger partial charge in [0.1, 0.15) is 5.82 Å². The maximum absolute atomic E-state index is 13.6. The molecule has 160 valence electrons. The molecule has 1 aliphatic carbocycles. The Morgan fingerprint density at radius 1 is 1.13 bits per heavy atom. The molecule has 1 heterocycles. The van der Waals surface area contributed by atoms with Gasteiger partial charge in [-0.3, -0.25) is 9.59 Å². The average molecular weight is 420 g/mol. The van der Waals surface area contributed by atoms with E-state index in [2.05, 4.69) is 10.6 Å². The molecule has 1 aliphatic heterocycles. The van der Waals surface area contributed by atoms with Gasteiger partial charge in [-0.2, -0.15) is 0 Å². The SMILES string of the molecule is CC1=C(C(=O)Nc2cccc(F)c2)[C@H](c2ccc(N(C)C)cc2)C2=C(CCCC2=O)N1. The third kappa shape index (κ3) is 4.10. The molecule has 2 aromatic rings. The first-order chi connectivity index (χ1) is 14.8. The molecule has 5 nitrogen and oxygen atoms in total. The second kappa shape index (κ2) is 8.38. The van der Waals surface area contributed by atoms with Gasteiger partial charge in [0.15, 0.2) is 5.78 Å². The lowest BCUT2D eigenvalue weighted by Gasteiger charge is -2.34. The minimum atomic E-state index is -0.464. The first-order valence-corrected chi connectivity index (χ1v) is 10.4. The van der Waals surface area contributed by atoms with E-state index in [0.717, 1.165) is 29.8 Å². The number of carbonyl (C=O) groups is 2. The molecule has 0 saturated heterocycles. The van der Waals surface area contributed by atoms with Crippen LogP contribution in [0.1, 0.15) is 37.7 Å². The first-order valence-electron chi connectivity index (χ1n) is 10.4. The van der Waals surface area contributed by atoms with Crippen LogP contribution in [-0.2, 0) is 9.59 Å². The molecule has 0 bridgehead atoms. The highest BCUT2D eigenvalue weighted by molar-refractivity contribution is 6.09. The number of rotatable bonds is 4. The van der Waals surface area contributed by atoms with Gasteiger partial charge in [0, 0.05) is 60.3 Å². The molecule has 0 radical (unpaired) electrons. The van der Waals surface area contributed by atoms with Gasteiger partial charge in [0.05, 0.1) is 0 Å². The summed E-state index contributed by atoms with van der Waals surface area (Å²) in [6.45, 7) is 1.85. The number of nitrogens with zero attached hydrogens (tertiary/aromatic N) is 1. The summed E-state index contributed by atoms with van der Waals surface area (Å²) in [6.07, 6.45) is 2.06. The summed E-state index contributed by atoms with van der Waals surface area (Å²) in [4.78, 5) is 28.3. The van der Waals surface area contributed by atoms with Gasteiger partial charge >= 0.3 is 0 Å². The number of carbonyl (C=O) groups excluding carboxylic acids is 2. The number of halogens is 1. The second-order valence-electron chi connectivity index (χ2n) is 8.22.